The third-order valence-corrected chi connectivity index (χ3v) is 5.87. The highest BCUT2D eigenvalue weighted by molar-refractivity contribution is 9.10. The zero-order chi connectivity index (χ0) is 17.2. The van der Waals surface area contributed by atoms with Crippen LogP contribution in [0.3, 0.4) is 0 Å². The first kappa shape index (κ1) is 16.6. The molecule has 0 atom stereocenters. The standard InChI is InChI=1S/C19H23BrN4O/c20-16-4-2-1-3-14(16)11-19(25)21-15-7-9-24(10-8-15)18-12-17(22-23-18)13-5-6-13/h1-4,12-13,15H,5-11H2,(H,21,25)(H,22,23). The summed E-state index contributed by atoms with van der Waals surface area (Å²) in [7, 11) is 0. The van der Waals surface area contributed by atoms with Crippen molar-refractivity contribution in [1.29, 1.82) is 0 Å². The summed E-state index contributed by atoms with van der Waals surface area (Å²) < 4.78 is 0.991. The maximum Gasteiger partial charge on any atom is 0.224 e. The van der Waals surface area contributed by atoms with Gasteiger partial charge in [0.05, 0.1) is 6.42 Å². The van der Waals surface area contributed by atoms with Crippen molar-refractivity contribution < 1.29 is 4.79 Å². The number of aromatic amines is 1. The number of piperidine rings is 1. The van der Waals surface area contributed by atoms with Gasteiger partial charge in [0, 0.05) is 41.3 Å². The van der Waals surface area contributed by atoms with E-state index in [2.05, 4.69) is 42.4 Å². The summed E-state index contributed by atoms with van der Waals surface area (Å²) >= 11 is 3.50. The van der Waals surface area contributed by atoms with Crippen LogP contribution < -0.4 is 10.2 Å². The average Bonchev–Trinajstić information content (AvgIpc) is 3.35. The SMILES string of the molecule is O=C(Cc1ccccc1Br)NC1CCN(c2cc(C3CC3)[nH]n2)CC1. The van der Waals surface area contributed by atoms with Gasteiger partial charge >= 0.3 is 0 Å². The number of hydrogen-bond acceptors (Lipinski definition) is 3. The molecule has 1 amide bonds. The van der Waals surface area contributed by atoms with Crippen LogP contribution in [0, 0.1) is 0 Å². The Morgan fingerprint density at radius 3 is 2.72 bits per heavy atom. The van der Waals surface area contributed by atoms with Crippen LogP contribution in [-0.4, -0.2) is 35.2 Å². The van der Waals surface area contributed by atoms with Crippen molar-refractivity contribution in [2.24, 2.45) is 0 Å². The molecule has 2 aliphatic rings. The fourth-order valence-corrected chi connectivity index (χ4v) is 3.86. The van der Waals surface area contributed by atoms with E-state index in [1.165, 1.54) is 18.5 Å². The molecule has 1 saturated heterocycles. The van der Waals surface area contributed by atoms with Gasteiger partial charge < -0.3 is 10.2 Å². The van der Waals surface area contributed by atoms with E-state index in [4.69, 9.17) is 0 Å². The number of benzene rings is 1. The lowest BCUT2D eigenvalue weighted by Crippen LogP contribution is -2.45. The minimum absolute atomic E-state index is 0.0983. The van der Waals surface area contributed by atoms with Crippen LogP contribution in [0.15, 0.2) is 34.8 Å². The summed E-state index contributed by atoms with van der Waals surface area (Å²) in [5.41, 5.74) is 2.31. The van der Waals surface area contributed by atoms with Crippen LogP contribution in [0.1, 0.15) is 42.9 Å². The van der Waals surface area contributed by atoms with Crippen molar-refractivity contribution in [1.82, 2.24) is 15.5 Å². The Balaban J connectivity index is 1.26. The van der Waals surface area contributed by atoms with Crippen molar-refractivity contribution in [2.45, 2.75) is 44.1 Å². The molecule has 132 valence electrons. The van der Waals surface area contributed by atoms with Gasteiger partial charge in [0.25, 0.3) is 0 Å². The Morgan fingerprint density at radius 2 is 2.00 bits per heavy atom. The second-order valence-corrected chi connectivity index (χ2v) is 7.91. The number of carbonyl (C=O) groups is 1. The molecule has 0 radical (unpaired) electrons. The molecule has 5 nitrogen and oxygen atoms in total. The quantitative estimate of drug-likeness (QED) is 0.805. The van der Waals surface area contributed by atoms with E-state index >= 15 is 0 Å². The number of aromatic nitrogens is 2. The number of H-pyrrole nitrogens is 1. The van der Waals surface area contributed by atoms with Gasteiger partial charge in [0.2, 0.25) is 5.91 Å². The van der Waals surface area contributed by atoms with Gasteiger partial charge in [-0.15, -0.1) is 0 Å². The Labute approximate surface area is 156 Å². The maximum atomic E-state index is 12.3. The molecule has 0 spiro atoms. The van der Waals surface area contributed by atoms with E-state index in [1.54, 1.807) is 0 Å². The van der Waals surface area contributed by atoms with Crippen molar-refractivity contribution in [3.8, 4) is 0 Å². The Hall–Kier alpha value is -1.82. The predicted octanol–water partition coefficient (Wildman–Crippen LogP) is 3.38. The minimum Gasteiger partial charge on any atom is -0.355 e. The highest BCUT2D eigenvalue weighted by Gasteiger charge is 2.27. The first-order chi connectivity index (χ1) is 12.2. The number of rotatable bonds is 5. The van der Waals surface area contributed by atoms with E-state index in [9.17, 15) is 4.79 Å². The van der Waals surface area contributed by atoms with Crippen LogP contribution >= 0.6 is 15.9 Å². The van der Waals surface area contributed by atoms with E-state index in [1.807, 2.05) is 24.3 Å². The van der Waals surface area contributed by atoms with Crippen LogP contribution in [0.2, 0.25) is 0 Å². The molecule has 2 heterocycles. The summed E-state index contributed by atoms with van der Waals surface area (Å²) in [6.07, 6.45) is 4.92. The van der Waals surface area contributed by atoms with Gasteiger partial charge in [0.1, 0.15) is 0 Å². The van der Waals surface area contributed by atoms with E-state index < -0.39 is 0 Å². The molecule has 1 aliphatic heterocycles. The van der Waals surface area contributed by atoms with Crippen molar-refractivity contribution in [3.63, 3.8) is 0 Å². The molecule has 1 aromatic carbocycles. The van der Waals surface area contributed by atoms with E-state index in [-0.39, 0.29) is 11.9 Å². The molecule has 0 unspecified atom stereocenters. The third-order valence-electron chi connectivity index (χ3n) is 5.09. The first-order valence-electron chi connectivity index (χ1n) is 9.02. The lowest BCUT2D eigenvalue weighted by atomic mass is 10.0. The fourth-order valence-electron chi connectivity index (χ4n) is 3.44. The summed E-state index contributed by atoms with van der Waals surface area (Å²) in [5, 5.41) is 10.8. The second-order valence-electron chi connectivity index (χ2n) is 7.05. The predicted molar refractivity (Wildman–Crippen MR) is 102 cm³/mol. The van der Waals surface area contributed by atoms with Crippen molar-refractivity contribution in [3.05, 3.63) is 46.1 Å². The summed E-state index contributed by atoms with van der Waals surface area (Å²) in [6.45, 7) is 1.88. The number of amides is 1. The molecule has 25 heavy (non-hydrogen) atoms. The number of carbonyl (C=O) groups excluding carboxylic acids is 1. The molecule has 2 aromatic rings. The highest BCUT2D eigenvalue weighted by atomic mass is 79.9. The molecule has 1 saturated carbocycles. The average molecular weight is 403 g/mol. The normalized spacial score (nSPS) is 18.4. The van der Waals surface area contributed by atoms with Gasteiger partial charge in [-0.05, 0) is 37.3 Å². The highest BCUT2D eigenvalue weighted by Crippen LogP contribution is 2.40. The monoisotopic (exact) mass is 402 g/mol. The van der Waals surface area contributed by atoms with Crippen molar-refractivity contribution >= 4 is 27.7 Å². The molecule has 4 rings (SSSR count). The second kappa shape index (κ2) is 7.20. The number of halogens is 1. The lowest BCUT2D eigenvalue weighted by Gasteiger charge is -2.32. The van der Waals surface area contributed by atoms with Crippen LogP contribution in [0.25, 0.3) is 0 Å². The Morgan fingerprint density at radius 1 is 1.24 bits per heavy atom. The van der Waals surface area contributed by atoms with Crippen LogP contribution in [-0.2, 0) is 11.2 Å². The van der Waals surface area contributed by atoms with Gasteiger partial charge in [-0.3, -0.25) is 9.89 Å². The maximum absolute atomic E-state index is 12.3. The number of nitrogens with one attached hydrogen (secondary N) is 2. The molecule has 0 bridgehead atoms. The van der Waals surface area contributed by atoms with Crippen LogP contribution in [0.4, 0.5) is 5.82 Å². The van der Waals surface area contributed by atoms with Crippen molar-refractivity contribution in [2.75, 3.05) is 18.0 Å². The van der Waals surface area contributed by atoms with Gasteiger partial charge in [-0.1, -0.05) is 34.1 Å². The fraction of sp³-hybridized carbons (Fsp3) is 0.474. The molecular weight excluding hydrogens is 380 g/mol. The topological polar surface area (TPSA) is 61.0 Å². The number of anilines is 1. The lowest BCUT2D eigenvalue weighted by molar-refractivity contribution is -0.121. The molecule has 1 aromatic heterocycles. The summed E-state index contributed by atoms with van der Waals surface area (Å²) in [4.78, 5) is 14.6. The Bertz CT molecular complexity index is 747. The third kappa shape index (κ3) is 4.06. The molecular formula is C19H23BrN4O. The molecule has 2 fully saturated rings. The van der Waals surface area contributed by atoms with Gasteiger partial charge in [-0.2, -0.15) is 5.10 Å². The zero-order valence-corrected chi connectivity index (χ0v) is 15.8. The largest absolute Gasteiger partial charge is 0.355 e. The summed E-state index contributed by atoms with van der Waals surface area (Å²) in [5.74, 6) is 1.86. The summed E-state index contributed by atoms with van der Waals surface area (Å²) in [6, 6.07) is 10.3. The Kier molecular flexibility index (Phi) is 4.79. The number of nitrogens with zero attached hydrogens (tertiary/aromatic N) is 2. The number of hydrogen-bond donors (Lipinski definition) is 2. The van der Waals surface area contributed by atoms with Gasteiger partial charge in [0.15, 0.2) is 5.82 Å². The zero-order valence-electron chi connectivity index (χ0n) is 14.2. The molecule has 6 heteroatoms. The molecule has 1 aliphatic carbocycles. The minimum atomic E-state index is 0.0983. The van der Waals surface area contributed by atoms with Crippen LogP contribution in [0.5, 0.6) is 0 Å². The van der Waals surface area contributed by atoms with E-state index in [0.29, 0.717) is 12.3 Å². The van der Waals surface area contributed by atoms with E-state index in [0.717, 1.165) is 41.8 Å². The molecule has 2 N–H and O–H groups in total. The first-order valence-corrected chi connectivity index (χ1v) is 9.81. The van der Waals surface area contributed by atoms with Gasteiger partial charge in [-0.25, -0.2) is 0 Å². The smallest absolute Gasteiger partial charge is 0.224 e.